The van der Waals surface area contributed by atoms with Gasteiger partial charge in [0.25, 0.3) is 0 Å². The molecule has 1 aromatic carbocycles. The van der Waals surface area contributed by atoms with Crippen molar-refractivity contribution < 1.29 is 9.47 Å². The third-order valence-corrected chi connectivity index (χ3v) is 4.85. The lowest BCUT2D eigenvalue weighted by atomic mass is 10.0. The first-order valence-corrected chi connectivity index (χ1v) is 8.65. The fourth-order valence-electron chi connectivity index (χ4n) is 3.12. The van der Waals surface area contributed by atoms with Crippen molar-refractivity contribution in [2.24, 2.45) is 5.92 Å². The molecule has 1 aliphatic carbocycles. The van der Waals surface area contributed by atoms with Crippen molar-refractivity contribution in [2.45, 2.75) is 45.1 Å². The molecule has 0 radical (unpaired) electrons. The summed E-state index contributed by atoms with van der Waals surface area (Å²) in [6, 6.07) is 4.12. The van der Waals surface area contributed by atoms with E-state index in [-0.39, 0.29) is 0 Å². The third-order valence-electron chi connectivity index (χ3n) is 4.26. The lowest BCUT2D eigenvalue weighted by molar-refractivity contribution is 0.352. The van der Waals surface area contributed by atoms with Gasteiger partial charge in [0, 0.05) is 6.54 Å². The van der Waals surface area contributed by atoms with Gasteiger partial charge in [0.15, 0.2) is 11.5 Å². The molecule has 3 nitrogen and oxygen atoms in total. The predicted molar refractivity (Wildman–Crippen MR) is 90.1 cm³/mol. The molecule has 1 aromatic rings. The summed E-state index contributed by atoms with van der Waals surface area (Å²) < 4.78 is 11.6. The molecular formula is C17H26BrNO2. The van der Waals surface area contributed by atoms with Gasteiger partial charge in [-0.3, -0.25) is 0 Å². The number of hydrogen-bond donors (Lipinski definition) is 1. The summed E-state index contributed by atoms with van der Waals surface area (Å²) in [6.07, 6.45) is 8.43. The molecule has 0 aromatic heterocycles. The van der Waals surface area contributed by atoms with Crippen molar-refractivity contribution in [3.05, 3.63) is 22.2 Å². The molecule has 21 heavy (non-hydrogen) atoms. The maximum absolute atomic E-state index is 5.37. The van der Waals surface area contributed by atoms with Gasteiger partial charge < -0.3 is 14.8 Å². The second kappa shape index (κ2) is 8.64. The van der Waals surface area contributed by atoms with Crippen LogP contribution in [-0.2, 0) is 6.54 Å². The Labute approximate surface area is 136 Å². The number of hydrogen-bond acceptors (Lipinski definition) is 3. The van der Waals surface area contributed by atoms with E-state index < -0.39 is 0 Å². The van der Waals surface area contributed by atoms with E-state index in [1.165, 1.54) is 44.1 Å². The number of rotatable bonds is 8. The smallest absolute Gasteiger partial charge is 0.174 e. The molecule has 1 saturated carbocycles. The van der Waals surface area contributed by atoms with Gasteiger partial charge >= 0.3 is 0 Å². The van der Waals surface area contributed by atoms with E-state index in [0.717, 1.165) is 35.0 Å². The standard InChI is InChI=1S/C17H26BrNO2/c1-20-16-11-14(10-15(18)17(16)21-2)12-19-9-5-8-13-6-3-4-7-13/h10-11,13,19H,3-9,12H2,1-2H3. The quantitative estimate of drug-likeness (QED) is 0.695. The number of benzene rings is 1. The minimum atomic E-state index is 0.752. The Hall–Kier alpha value is -0.740. The third kappa shape index (κ3) is 4.89. The van der Waals surface area contributed by atoms with Gasteiger partial charge in [0.2, 0.25) is 0 Å². The number of nitrogens with one attached hydrogen (secondary N) is 1. The molecule has 1 N–H and O–H groups in total. The first-order valence-electron chi connectivity index (χ1n) is 7.85. The Kier molecular flexibility index (Phi) is 6.84. The molecule has 0 amide bonds. The van der Waals surface area contributed by atoms with Gasteiger partial charge in [-0.05, 0) is 58.9 Å². The summed E-state index contributed by atoms with van der Waals surface area (Å²) >= 11 is 3.53. The lowest BCUT2D eigenvalue weighted by Crippen LogP contribution is -2.15. The van der Waals surface area contributed by atoms with Gasteiger partial charge in [-0.15, -0.1) is 0 Å². The molecule has 118 valence electrons. The normalized spacial score (nSPS) is 15.4. The lowest BCUT2D eigenvalue weighted by Gasteiger charge is -2.13. The summed E-state index contributed by atoms with van der Waals surface area (Å²) in [7, 11) is 3.33. The van der Waals surface area contributed by atoms with Crippen LogP contribution < -0.4 is 14.8 Å². The predicted octanol–water partition coefficient (Wildman–Crippen LogP) is 4.53. The SMILES string of the molecule is COc1cc(CNCCCC2CCCC2)cc(Br)c1OC. The second-order valence-corrected chi connectivity index (χ2v) is 6.64. The molecule has 0 saturated heterocycles. The second-order valence-electron chi connectivity index (χ2n) is 5.78. The highest BCUT2D eigenvalue weighted by atomic mass is 79.9. The monoisotopic (exact) mass is 355 g/mol. The Balaban J connectivity index is 1.76. The highest BCUT2D eigenvalue weighted by molar-refractivity contribution is 9.10. The van der Waals surface area contributed by atoms with E-state index in [1.807, 2.05) is 6.07 Å². The van der Waals surface area contributed by atoms with Gasteiger partial charge in [0.05, 0.1) is 18.7 Å². The fraction of sp³-hybridized carbons (Fsp3) is 0.647. The fourth-order valence-corrected chi connectivity index (χ4v) is 3.77. The van der Waals surface area contributed by atoms with Crippen LogP contribution in [0.4, 0.5) is 0 Å². The van der Waals surface area contributed by atoms with Crippen LogP contribution in [0.2, 0.25) is 0 Å². The van der Waals surface area contributed by atoms with Gasteiger partial charge in [0.1, 0.15) is 0 Å². The Morgan fingerprint density at radius 3 is 2.62 bits per heavy atom. The Bertz CT molecular complexity index is 445. The van der Waals surface area contributed by atoms with E-state index in [1.54, 1.807) is 14.2 Å². The van der Waals surface area contributed by atoms with Crippen molar-refractivity contribution in [2.75, 3.05) is 20.8 Å². The highest BCUT2D eigenvalue weighted by Gasteiger charge is 2.14. The molecular weight excluding hydrogens is 330 g/mol. The van der Waals surface area contributed by atoms with Crippen molar-refractivity contribution in [1.29, 1.82) is 0 Å². The molecule has 1 fully saturated rings. The van der Waals surface area contributed by atoms with Crippen LogP contribution in [0.3, 0.4) is 0 Å². The molecule has 0 spiro atoms. The summed E-state index contributed by atoms with van der Waals surface area (Å²) in [6.45, 7) is 1.95. The maximum atomic E-state index is 5.37. The van der Waals surface area contributed by atoms with Gasteiger partial charge in [-0.1, -0.05) is 25.7 Å². The minimum Gasteiger partial charge on any atom is -0.493 e. The molecule has 4 heteroatoms. The average Bonchev–Trinajstić information content (AvgIpc) is 2.99. The zero-order chi connectivity index (χ0) is 15.1. The van der Waals surface area contributed by atoms with Crippen LogP contribution in [-0.4, -0.2) is 20.8 Å². The summed E-state index contributed by atoms with van der Waals surface area (Å²) in [4.78, 5) is 0. The summed E-state index contributed by atoms with van der Waals surface area (Å²) in [5, 5.41) is 3.52. The average molecular weight is 356 g/mol. The molecule has 0 bridgehead atoms. The first kappa shape index (κ1) is 16.6. The molecule has 1 aliphatic rings. The van der Waals surface area contributed by atoms with Crippen molar-refractivity contribution in [1.82, 2.24) is 5.32 Å². The molecule has 0 aliphatic heterocycles. The van der Waals surface area contributed by atoms with Crippen molar-refractivity contribution >= 4 is 15.9 Å². The largest absolute Gasteiger partial charge is 0.493 e. The number of halogens is 1. The maximum Gasteiger partial charge on any atom is 0.174 e. The first-order chi connectivity index (χ1) is 10.2. The van der Waals surface area contributed by atoms with Gasteiger partial charge in [-0.2, -0.15) is 0 Å². The Morgan fingerprint density at radius 2 is 1.95 bits per heavy atom. The van der Waals surface area contributed by atoms with Crippen LogP contribution in [0.1, 0.15) is 44.1 Å². The van der Waals surface area contributed by atoms with Crippen LogP contribution in [0, 0.1) is 5.92 Å². The van der Waals surface area contributed by atoms with Crippen LogP contribution in [0.25, 0.3) is 0 Å². The molecule has 0 unspecified atom stereocenters. The highest BCUT2D eigenvalue weighted by Crippen LogP contribution is 2.36. The van der Waals surface area contributed by atoms with E-state index in [2.05, 4.69) is 27.3 Å². The molecule has 0 atom stereocenters. The Morgan fingerprint density at radius 1 is 1.19 bits per heavy atom. The molecule has 0 heterocycles. The van der Waals surface area contributed by atoms with Gasteiger partial charge in [-0.25, -0.2) is 0 Å². The molecule has 2 rings (SSSR count). The number of ether oxygens (including phenoxy) is 2. The van der Waals surface area contributed by atoms with E-state index in [9.17, 15) is 0 Å². The zero-order valence-corrected chi connectivity index (χ0v) is 14.7. The zero-order valence-electron chi connectivity index (χ0n) is 13.1. The van der Waals surface area contributed by atoms with E-state index in [4.69, 9.17) is 9.47 Å². The summed E-state index contributed by atoms with van der Waals surface area (Å²) in [5.74, 6) is 2.51. The van der Waals surface area contributed by atoms with Crippen LogP contribution in [0.15, 0.2) is 16.6 Å². The minimum absolute atomic E-state index is 0.752. The topological polar surface area (TPSA) is 30.5 Å². The van der Waals surface area contributed by atoms with Crippen molar-refractivity contribution in [3.63, 3.8) is 0 Å². The van der Waals surface area contributed by atoms with Crippen molar-refractivity contribution in [3.8, 4) is 11.5 Å². The van der Waals surface area contributed by atoms with Crippen LogP contribution >= 0.6 is 15.9 Å². The number of methoxy groups -OCH3 is 2. The van der Waals surface area contributed by atoms with E-state index in [0.29, 0.717) is 0 Å². The summed E-state index contributed by atoms with van der Waals surface area (Å²) in [5.41, 5.74) is 1.21. The van der Waals surface area contributed by atoms with Crippen LogP contribution in [0.5, 0.6) is 11.5 Å². The van der Waals surface area contributed by atoms with E-state index >= 15 is 0 Å².